The third kappa shape index (κ3) is 2.96. The van der Waals surface area contributed by atoms with Gasteiger partial charge in [-0.3, -0.25) is 14.9 Å². The van der Waals surface area contributed by atoms with Crippen LogP contribution in [0, 0.1) is 0 Å². The number of allylic oxidation sites excluding steroid dienone is 1. The quantitative estimate of drug-likeness (QED) is 0.762. The Balaban J connectivity index is 1.80. The highest BCUT2D eigenvalue weighted by atomic mass is 16.1. The third-order valence-electron chi connectivity index (χ3n) is 4.49. The van der Waals surface area contributed by atoms with Crippen LogP contribution >= 0.6 is 0 Å². The number of anilines is 1. The van der Waals surface area contributed by atoms with Gasteiger partial charge in [0, 0.05) is 35.9 Å². The molecule has 1 atom stereocenters. The first kappa shape index (κ1) is 15.3. The van der Waals surface area contributed by atoms with Crippen LogP contribution in [0.3, 0.4) is 0 Å². The van der Waals surface area contributed by atoms with Gasteiger partial charge in [0.2, 0.25) is 5.91 Å². The standard InChI is InChI=1S/C20H18N4O/c1-13(10-14-6-3-2-4-7-14)16-11-17(25)22-20-18(16)19(23-24-20)15-8-5-9-21-12-15/h2-10,12,16H,11H2,1H3,(H2,22,23,24,25). The molecule has 0 spiro atoms. The van der Waals surface area contributed by atoms with Crippen molar-refractivity contribution in [1.29, 1.82) is 0 Å². The summed E-state index contributed by atoms with van der Waals surface area (Å²) < 4.78 is 0. The van der Waals surface area contributed by atoms with Crippen molar-refractivity contribution in [3.63, 3.8) is 0 Å². The van der Waals surface area contributed by atoms with Crippen LogP contribution in [0.1, 0.15) is 30.4 Å². The van der Waals surface area contributed by atoms with E-state index in [9.17, 15) is 4.79 Å². The van der Waals surface area contributed by atoms with Gasteiger partial charge in [0.25, 0.3) is 0 Å². The molecule has 3 aromatic rings. The molecule has 1 aromatic carbocycles. The number of H-pyrrole nitrogens is 1. The summed E-state index contributed by atoms with van der Waals surface area (Å²) in [6.07, 6.45) is 6.09. The molecule has 3 heterocycles. The maximum Gasteiger partial charge on any atom is 0.226 e. The maximum atomic E-state index is 12.1. The Labute approximate surface area is 145 Å². The van der Waals surface area contributed by atoms with E-state index in [4.69, 9.17) is 0 Å². The van der Waals surface area contributed by atoms with E-state index in [0.29, 0.717) is 12.2 Å². The molecule has 1 amide bonds. The normalized spacial score (nSPS) is 17.1. The highest BCUT2D eigenvalue weighted by molar-refractivity contribution is 5.96. The molecule has 2 aromatic heterocycles. The van der Waals surface area contributed by atoms with E-state index in [2.05, 4.69) is 45.6 Å². The van der Waals surface area contributed by atoms with Crippen LogP contribution in [0.25, 0.3) is 17.3 Å². The summed E-state index contributed by atoms with van der Waals surface area (Å²) in [5.41, 5.74) is 5.16. The Morgan fingerprint density at radius 3 is 2.80 bits per heavy atom. The molecule has 0 aliphatic carbocycles. The van der Waals surface area contributed by atoms with Crippen LogP contribution in [-0.4, -0.2) is 21.1 Å². The number of nitrogens with one attached hydrogen (secondary N) is 2. The largest absolute Gasteiger partial charge is 0.309 e. The summed E-state index contributed by atoms with van der Waals surface area (Å²) in [7, 11) is 0. The molecule has 0 saturated heterocycles. The number of benzene rings is 1. The zero-order chi connectivity index (χ0) is 17.2. The fourth-order valence-electron chi connectivity index (χ4n) is 3.29. The molecule has 5 nitrogen and oxygen atoms in total. The van der Waals surface area contributed by atoms with Gasteiger partial charge in [-0.2, -0.15) is 5.10 Å². The molecular weight excluding hydrogens is 312 g/mol. The molecule has 1 aliphatic rings. The Kier molecular flexibility index (Phi) is 3.90. The lowest BCUT2D eigenvalue weighted by Crippen LogP contribution is -2.23. The predicted molar refractivity (Wildman–Crippen MR) is 97.9 cm³/mol. The molecule has 5 heteroatoms. The summed E-state index contributed by atoms with van der Waals surface area (Å²) in [6.45, 7) is 2.07. The summed E-state index contributed by atoms with van der Waals surface area (Å²) in [5, 5.41) is 10.3. The second-order valence-electron chi connectivity index (χ2n) is 6.21. The average Bonchev–Trinajstić information content (AvgIpc) is 3.06. The van der Waals surface area contributed by atoms with Crippen LogP contribution in [0.15, 0.2) is 60.4 Å². The summed E-state index contributed by atoms with van der Waals surface area (Å²) in [5.74, 6) is 0.585. The number of rotatable bonds is 3. The van der Waals surface area contributed by atoms with E-state index in [1.807, 2.05) is 30.3 Å². The number of pyridine rings is 1. The highest BCUT2D eigenvalue weighted by Crippen LogP contribution is 2.41. The van der Waals surface area contributed by atoms with E-state index in [1.165, 1.54) is 0 Å². The summed E-state index contributed by atoms with van der Waals surface area (Å²) in [4.78, 5) is 16.3. The van der Waals surface area contributed by atoms with Crippen molar-refractivity contribution >= 4 is 17.8 Å². The predicted octanol–water partition coefficient (Wildman–Crippen LogP) is 4.00. The third-order valence-corrected chi connectivity index (χ3v) is 4.49. The van der Waals surface area contributed by atoms with Gasteiger partial charge in [0.1, 0.15) is 0 Å². The molecule has 1 unspecified atom stereocenters. The lowest BCUT2D eigenvalue weighted by molar-refractivity contribution is -0.116. The fourth-order valence-corrected chi connectivity index (χ4v) is 3.29. The molecule has 0 bridgehead atoms. The number of aromatic nitrogens is 3. The SMILES string of the molecule is CC(=Cc1ccccc1)C1CC(=O)Nc2n[nH]c(-c3cccnc3)c21. The van der Waals surface area contributed by atoms with Crippen molar-refractivity contribution in [3.8, 4) is 11.3 Å². The molecule has 0 radical (unpaired) electrons. The molecule has 124 valence electrons. The second kappa shape index (κ2) is 6.36. The van der Waals surface area contributed by atoms with Crippen LogP contribution in [0.4, 0.5) is 5.82 Å². The number of aromatic amines is 1. The monoisotopic (exact) mass is 330 g/mol. The van der Waals surface area contributed by atoms with Crippen LogP contribution < -0.4 is 5.32 Å². The van der Waals surface area contributed by atoms with Crippen molar-refractivity contribution in [1.82, 2.24) is 15.2 Å². The van der Waals surface area contributed by atoms with Gasteiger partial charge in [-0.25, -0.2) is 0 Å². The molecular formula is C20H18N4O. The molecule has 2 N–H and O–H groups in total. The van der Waals surface area contributed by atoms with E-state index < -0.39 is 0 Å². The van der Waals surface area contributed by atoms with E-state index in [-0.39, 0.29) is 11.8 Å². The number of hydrogen-bond donors (Lipinski definition) is 2. The molecule has 0 saturated carbocycles. The van der Waals surface area contributed by atoms with E-state index in [0.717, 1.165) is 28.0 Å². The van der Waals surface area contributed by atoms with Gasteiger partial charge in [-0.05, 0) is 24.6 Å². The number of fused-ring (bicyclic) bond motifs is 1. The van der Waals surface area contributed by atoms with Gasteiger partial charge >= 0.3 is 0 Å². The Morgan fingerprint density at radius 2 is 2.04 bits per heavy atom. The van der Waals surface area contributed by atoms with Gasteiger partial charge in [0.05, 0.1) is 5.69 Å². The minimum atomic E-state index is -0.0158. The van der Waals surface area contributed by atoms with Gasteiger partial charge in [0.15, 0.2) is 5.82 Å². The average molecular weight is 330 g/mol. The molecule has 0 fully saturated rings. The second-order valence-corrected chi connectivity index (χ2v) is 6.21. The van der Waals surface area contributed by atoms with Gasteiger partial charge in [-0.1, -0.05) is 42.0 Å². The van der Waals surface area contributed by atoms with Crippen molar-refractivity contribution in [2.45, 2.75) is 19.3 Å². The topological polar surface area (TPSA) is 70.7 Å². The summed E-state index contributed by atoms with van der Waals surface area (Å²) >= 11 is 0. The smallest absolute Gasteiger partial charge is 0.226 e. The molecule has 25 heavy (non-hydrogen) atoms. The molecule has 4 rings (SSSR count). The first-order valence-electron chi connectivity index (χ1n) is 8.24. The minimum Gasteiger partial charge on any atom is -0.309 e. The van der Waals surface area contributed by atoms with Crippen LogP contribution in [-0.2, 0) is 4.79 Å². The minimum absolute atomic E-state index is 0.0115. The first-order valence-corrected chi connectivity index (χ1v) is 8.24. The number of hydrogen-bond acceptors (Lipinski definition) is 3. The first-order chi connectivity index (χ1) is 12.2. The molecule has 1 aliphatic heterocycles. The van der Waals surface area contributed by atoms with Crippen molar-refractivity contribution < 1.29 is 4.79 Å². The summed E-state index contributed by atoms with van der Waals surface area (Å²) in [6, 6.07) is 14.0. The van der Waals surface area contributed by atoms with Crippen molar-refractivity contribution in [2.24, 2.45) is 0 Å². The Morgan fingerprint density at radius 1 is 1.20 bits per heavy atom. The zero-order valence-electron chi connectivity index (χ0n) is 13.9. The van der Waals surface area contributed by atoms with Gasteiger partial charge in [-0.15, -0.1) is 0 Å². The zero-order valence-corrected chi connectivity index (χ0v) is 13.9. The lowest BCUT2D eigenvalue weighted by Gasteiger charge is -2.24. The fraction of sp³-hybridized carbons (Fsp3) is 0.150. The number of nitrogens with zero attached hydrogens (tertiary/aromatic N) is 2. The maximum absolute atomic E-state index is 12.1. The van der Waals surface area contributed by atoms with Crippen LogP contribution in [0.5, 0.6) is 0 Å². The van der Waals surface area contributed by atoms with Crippen molar-refractivity contribution in [3.05, 3.63) is 71.6 Å². The highest BCUT2D eigenvalue weighted by Gasteiger charge is 2.31. The number of amides is 1. The van der Waals surface area contributed by atoms with E-state index in [1.54, 1.807) is 12.4 Å². The van der Waals surface area contributed by atoms with E-state index >= 15 is 0 Å². The Bertz CT molecular complexity index is 929. The number of carbonyl (C=O) groups excluding carboxylic acids is 1. The lowest BCUT2D eigenvalue weighted by atomic mass is 9.84. The Hall–Kier alpha value is -3.21. The number of carbonyl (C=O) groups is 1. The van der Waals surface area contributed by atoms with Gasteiger partial charge < -0.3 is 5.32 Å². The van der Waals surface area contributed by atoms with Crippen LogP contribution in [0.2, 0.25) is 0 Å². The van der Waals surface area contributed by atoms with Crippen molar-refractivity contribution in [2.75, 3.05) is 5.32 Å².